The molecular weight excluding hydrogens is 530 g/mol. The highest BCUT2D eigenvalue weighted by Crippen LogP contribution is 2.31. The number of unbranched alkanes of at least 4 members (excludes halogenated alkanes) is 2. The van der Waals surface area contributed by atoms with Crippen LogP contribution in [0.2, 0.25) is 0 Å². The van der Waals surface area contributed by atoms with Gasteiger partial charge in [-0.3, -0.25) is 9.69 Å². The Labute approximate surface area is 257 Å². The predicted molar refractivity (Wildman–Crippen MR) is 176 cm³/mol. The number of fused-ring (bicyclic) bond motifs is 1. The molecule has 0 radical (unpaired) electrons. The Kier molecular flexibility index (Phi) is 11.0. The summed E-state index contributed by atoms with van der Waals surface area (Å²) < 4.78 is 11.9. The van der Waals surface area contributed by atoms with E-state index in [1.807, 2.05) is 24.3 Å². The molecule has 4 heteroatoms. The molecule has 0 atom stereocenters. The molecule has 4 aromatic rings. The summed E-state index contributed by atoms with van der Waals surface area (Å²) in [5, 5.41) is 0. The normalized spacial score (nSPS) is 12.6. The molecule has 0 unspecified atom stereocenters. The first kappa shape index (κ1) is 30.6. The zero-order valence-electron chi connectivity index (χ0n) is 25.8. The molecule has 0 saturated carbocycles. The molecule has 0 aromatic heterocycles. The third kappa shape index (κ3) is 8.58. The van der Waals surface area contributed by atoms with Gasteiger partial charge in [-0.1, -0.05) is 86.5 Å². The van der Waals surface area contributed by atoms with Crippen LogP contribution in [0.15, 0.2) is 84.9 Å². The van der Waals surface area contributed by atoms with Crippen LogP contribution in [-0.2, 0) is 32.4 Å². The third-order valence-electron chi connectivity index (χ3n) is 8.59. The number of carbonyl (C=O) groups excluding carboxylic acids is 1. The summed E-state index contributed by atoms with van der Waals surface area (Å²) >= 11 is 0. The smallest absolute Gasteiger partial charge is 0.150 e. The molecule has 0 heterocycles. The van der Waals surface area contributed by atoms with Crippen molar-refractivity contribution >= 4 is 6.29 Å². The number of benzene rings is 4. The Balaban J connectivity index is 1.28. The Hall–Kier alpha value is -3.89. The number of aldehydes is 1. The van der Waals surface area contributed by atoms with Gasteiger partial charge in [-0.25, -0.2) is 0 Å². The van der Waals surface area contributed by atoms with Crippen molar-refractivity contribution in [2.45, 2.75) is 71.4 Å². The fourth-order valence-electron chi connectivity index (χ4n) is 5.98. The van der Waals surface area contributed by atoms with E-state index in [2.05, 4.69) is 72.5 Å². The standard InChI is InChI=1S/C39H45NO3/c1-3-4-7-23-40(27-30-10-12-31(28-41)13-11-30)24-22-37-25-35-8-5-6-9-36(35)26-39(37)43-29-32-14-16-33(17-15-32)34-18-20-38(42-2)21-19-34/h10-21,25-26,28H,3-9,22-24,27,29H2,1-2H3. The van der Waals surface area contributed by atoms with E-state index in [0.29, 0.717) is 6.61 Å². The van der Waals surface area contributed by atoms with Crippen molar-refractivity contribution in [1.29, 1.82) is 0 Å². The van der Waals surface area contributed by atoms with Crippen LogP contribution < -0.4 is 9.47 Å². The number of aryl methyl sites for hydroxylation is 2. The number of methoxy groups -OCH3 is 1. The maximum Gasteiger partial charge on any atom is 0.150 e. The summed E-state index contributed by atoms with van der Waals surface area (Å²) in [6.45, 7) is 5.75. The summed E-state index contributed by atoms with van der Waals surface area (Å²) in [6.07, 6.45) is 10.4. The van der Waals surface area contributed by atoms with E-state index >= 15 is 0 Å². The molecule has 43 heavy (non-hydrogen) atoms. The minimum Gasteiger partial charge on any atom is -0.497 e. The molecule has 0 amide bonds. The van der Waals surface area contributed by atoms with Crippen LogP contribution in [0.1, 0.15) is 77.2 Å². The molecule has 224 valence electrons. The number of hydrogen-bond donors (Lipinski definition) is 0. The summed E-state index contributed by atoms with van der Waals surface area (Å²) in [4.78, 5) is 13.7. The van der Waals surface area contributed by atoms with Gasteiger partial charge in [0.15, 0.2) is 0 Å². The summed E-state index contributed by atoms with van der Waals surface area (Å²) in [5.74, 6) is 1.90. The van der Waals surface area contributed by atoms with E-state index in [4.69, 9.17) is 9.47 Å². The summed E-state index contributed by atoms with van der Waals surface area (Å²) in [5.41, 5.74) is 9.77. The quantitative estimate of drug-likeness (QED) is 0.105. The van der Waals surface area contributed by atoms with Crippen molar-refractivity contribution in [2.75, 3.05) is 20.2 Å². The van der Waals surface area contributed by atoms with Gasteiger partial charge in [-0.2, -0.15) is 0 Å². The monoisotopic (exact) mass is 575 g/mol. The van der Waals surface area contributed by atoms with Gasteiger partial charge in [0.05, 0.1) is 7.11 Å². The highest BCUT2D eigenvalue weighted by atomic mass is 16.5. The van der Waals surface area contributed by atoms with Gasteiger partial charge in [-0.05, 0) is 102 Å². The van der Waals surface area contributed by atoms with Crippen LogP contribution in [0.4, 0.5) is 0 Å². The Morgan fingerprint density at radius 3 is 2.07 bits per heavy atom. The molecule has 0 bridgehead atoms. The second-order valence-electron chi connectivity index (χ2n) is 11.7. The van der Waals surface area contributed by atoms with E-state index in [1.54, 1.807) is 7.11 Å². The van der Waals surface area contributed by atoms with Crippen molar-refractivity contribution < 1.29 is 14.3 Å². The highest BCUT2D eigenvalue weighted by Gasteiger charge is 2.16. The molecule has 0 aliphatic heterocycles. The fraction of sp³-hybridized carbons (Fsp3) is 0.359. The second-order valence-corrected chi connectivity index (χ2v) is 11.7. The van der Waals surface area contributed by atoms with E-state index in [0.717, 1.165) is 55.8 Å². The van der Waals surface area contributed by atoms with Gasteiger partial charge < -0.3 is 9.47 Å². The third-order valence-corrected chi connectivity index (χ3v) is 8.59. The Bertz CT molecular complexity index is 1440. The molecular formula is C39H45NO3. The first-order valence-electron chi connectivity index (χ1n) is 15.9. The first-order valence-corrected chi connectivity index (χ1v) is 15.9. The SMILES string of the molecule is CCCCCN(CCc1cc2c(cc1OCc1ccc(-c3ccc(OC)cc3)cc1)CCCC2)Cc1ccc(C=O)cc1. The number of ether oxygens (including phenoxy) is 2. The molecule has 4 nitrogen and oxygen atoms in total. The maximum atomic E-state index is 11.1. The number of nitrogens with zero attached hydrogens (tertiary/aromatic N) is 1. The average Bonchev–Trinajstić information content (AvgIpc) is 3.06. The van der Waals surface area contributed by atoms with Crippen LogP contribution in [-0.4, -0.2) is 31.4 Å². The van der Waals surface area contributed by atoms with E-state index in [1.165, 1.54) is 77.5 Å². The molecule has 0 N–H and O–H groups in total. The van der Waals surface area contributed by atoms with E-state index < -0.39 is 0 Å². The zero-order valence-corrected chi connectivity index (χ0v) is 25.8. The van der Waals surface area contributed by atoms with Gasteiger partial charge in [0.2, 0.25) is 0 Å². The van der Waals surface area contributed by atoms with Crippen LogP contribution in [0.3, 0.4) is 0 Å². The highest BCUT2D eigenvalue weighted by molar-refractivity contribution is 5.74. The van der Waals surface area contributed by atoms with E-state index in [9.17, 15) is 4.79 Å². The van der Waals surface area contributed by atoms with Gasteiger partial charge in [-0.15, -0.1) is 0 Å². The lowest BCUT2D eigenvalue weighted by Crippen LogP contribution is -2.27. The van der Waals surface area contributed by atoms with Crippen LogP contribution in [0.5, 0.6) is 11.5 Å². The van der Waals surface area contributed by atoms with Crippen molar-refractivity contribution in [1.82, 2.24) is 4.90 Å². The van der Waals surface area contributed by atoms with Gasteiger partial charge in [0.1, 0.15) is 24.4 Å². The zero-order chi connectivity index (χ0) is 29.9. The molecule has 5 rings (SSSR count). The van der Waals surface area contributed by atoms with Gasteiger partial charge in [0.25, 0.3) is 0 Å². The average molecular weight is 576 g/mol. The minimum absolute atomic E-state index is 0.554. The Morgan fingerprint density at radius 2 is 1.42 bits per heavy atom. The molecule has 4 aromatic carbocycles. The van der Waals surface area contributed by atoms with Crippen LogP contribution in [0.25, 0.3) is 11.1 Å². The number of carbonyl (C=O) groups is 1. The summed E-state index contributed by atoms with van der Waals surface area (Å²) in [6, 6.07) is 29.6. The topological polar surface area (TPSA) is 38.8 Å². The molecule has 1 aliphatic carbocycles. The van der Waals surface area contributed by atoms with Crippen molar-refractivity contribution in [3.05, 3.63) is 118 Å². The molecule has 0 spiro atoms. The first-order chi connectivity index (χ1) is 21.1. The lowest BCUT2D eigenvalue weighted by molar-refractivity contribution is 0.112. The van der Waals surface area contributed by atoms with Crippen LogP contribution in [0, 0.1) is 0 Å². The predicted octanol–water partition coefficient (Wildman–Crippen LogP) is 8.87. The van der Waals surface area contributed by atoms with E-state index in [-0.39, 0.29) is 0 Å². The van der Waals surface area contributed by atoms with Crippen molar-refractivity contribution in [3.63, 3.8) is 0 Å². The summed E-state index contributed by atoms with van der Waals surface area (Å²) in [7, 11) is 1.69. The lowest BCUT2D eigenvalue weighted by Gasteiger charge is -2.25. The minimum atomic E-state index is 0.554. The second kappa shape index (κ2) is 15.5. The largest absolute Gasteiger partial charge is 0.497 e. The lowest BCUT2D eigenvalue weighted by atomic mass is 9.89. The molecule has 0 saturated heterocycles. The van der Waals surface area contributed by atoms with Crippen molar-refractivity contribution in [2.24, 2.45) is 0 Å². The number of rotatable bonds is 15. The van der Waals surface area contributed by atoms with Crippen molar-refractivity contribution in [3.8, 4) is 22.6 Å². The Morgan fingerprint density at radius 1 is 0.767 bits per heavy atom. The molecule has 1 aliphatic rings. The van der Waals surface area contributed by atoms with Gasteiger partial charge >= 0.3 is 0 Å². The fourth-order valence-corrected chi connectivity index (χ4v) is 5.98. The van der Waals surface area contributed by atoms with Gasteiger partial charge in [0, 0.05) is 18.7 Å². The number of hydrogen-bond acceptors (Lipinski definition) is 4. The van der Waals surface area contributed by atoms with Crippen LogP contribution >= 0.6 is 0 Å². The molecule has 0 fully saturated rings. The maximum absolute atomic E-state index is 11.1.